The monoisotopic (exact) mass is 342 g/mol. The van der Waals surface area contributed by atoms with Crippen molar-refractivity contribution in [2.75, 3.05) is 13.1 Å². The Bertz CT molecular complexity index is 516. The molecule has 1 aliphatic heterocycles. The first kappa shape index (κ1) is 15.1. The summed E-state index contributed by atoms with van der Waals surface area (Å²) in [5, 5.41) is 8.99. The minimum absolute atomic E-state index is 0.0201. The molecule has 1 amide bonds. The average Bonchev–Trinajstić information content (AvgIpc) is 2.80. The van der Waals surface area contributed by atoms with Crippen LogP contribution in [-0.4, -0.2) is 39.5 Å². The predicted molar refractivity (Wildman–Crippen MR) is 78.8 cm³/mol. The molecule has 5 nitrogen and oxygen atoms in total. The lowest BCUT2D eigenvalue weighted by Gasteiger charge is -2.30. The molecule has 0 atom stereocenters. The van der Waals surface area contributed by atoms with Crippen LogP contribution in [0.1, 0.15) is 43.2 Å². The Morgan fingerprint density at radius 3 is 2.45 bits per heavy atom. The van der Waals surface area contributed by atoms with Gasteiger partial charge in [-0.25, -0.2) is 0 Å². The molecule has 2 heterocycles. The molecule has 6 heteroatoms. The van der Waals surface area contributed by atoms with E-state index in [-0.39, 0.29) is 17.9 Å². The highest BCUT2D eigenvalue weighted by molar-refractivity contribution is 9.10. The van der Waals surface area contributed by atoms with Crippen LogP contribution in [0.2, 0.25) is 0 Å². The summed E-state index contributed by atoms with van der Waals surface area (Å²) in [7, 11) is 0. The zero-order chi connectivity index (χ0) is 14.9. The van der Waals surface area contributed by atoms with E-state index in [1.807, 2.05) is 30.7 Å². The minimum Gasteiger partial charge on any atom is -0.481 e. The Balaban J connectivity index is 2.11. The van der Waals surface area contributed by atoms with Gasteiger partial charge in [0.15, 0.2) is 0 Å². The number of carboxylic acid groups (broad SMARTS) is 1. The van der Waals surface area contributed by atoms with E-state index in [1.165, 1.54) is 0 Å². The number of likely N-dealkylation sites (tertiary alicyclic amines) is 1. The third kappa shape index (κ3) is 3.06. The Morgan fingerprint density at radius 1 is 1.35 bits per heavy atom. The highest BCUT2D eigenvalue weighted by Crippen LogP contribution is 2.23. The molecule has 110 valence electrons. The molecule has 0 unspecified atom stereocenters. The predicted octanol–water partition coefficient (Wildman–Crippen LogP) is 2.77. The number of aromatic nitrogens is 1. The van der Waals surface area contributed by atoms with Gasteiger partial charge in [0.25, 0.3) is 5.91 Å². The summed E-state index contributed by atoms with van der Waals surface area (Å²) in [6.07, 6.45) is 2.97. The van der Waals surface area contributed by atoms with E-state index >= 15 is 0 Å². The molecule has 1 N–H and O–H groups in total. The largest absolute Gasteiger partial charge is 0.481 e. The van der Waals surface area contributed by atoms with Crippen molar-refractivity contribution in [3.05, 3.63) is 22.4 Å². The SMILES string of the molecule is CC(C)n1cc(Br)cc1C(=O)N1CCC(C(=O)O)CC1. The number of halogens is 1. The summed E-state index contributed by atoms with van der Waals surface area (Å²) >= 11 is 3.40. The number of carbonyl (C=O) groups excluding carboxylic acids is 1. The number of rotatable bonds is 3. The van der Waals surface area contributed by atoms with Gasteiger partial charge in [0.05, 0.1) is 5.92 Å². The van der Waals surface area contributed by atoms with Gasteiger partial charge in [-0.1, -0.05) is 0 Å². The molecule has 1 saturated heterocycles. The van der Waals surface area contributed by atoms with Gasteiger partial charge < -0.3 is 14.6 Å². The lowest BCUT2D eigenvalue weighted by atomic mass is 9.97. The second-order valence-corrected chi connectivity index (χ2v) is 6.36. The van der Waals surface area contributed by atoms with E-state index in [4.69, 9.17) is 5.11 Å². The van der Waals surface area contributed by atoms with Crippen LogP contribution in [0.25, 0.3) is 0 Å². The minimum atomic E-state index is -0.759. The third-order valence-electron chi connectivity index (χ3n) is 3.72. The van der Waals surface area contributed by atoms with Crippen LogP contribution in [0.15, 0.2) is 16.7 Å². The fourth-order valence-corrected chi connectivity index (χ4v) is 2.97. The maximum Gasteiger partial charge on any atom is 0.306 e. The van der Waals surface area contributed by atoms with Gasteiger partial charge in [0, 0.05) is 29.8 Å². The Labute approximate surface area is 126 Å². The number of carboxylic acids is 1. The number of hydrogen-bond acceptors (Lipinski definition) is 2. The van der Waals surface area contributed by atoms with Crippen molar-refractivity contribution in [3.63, 3.8) is 0 Å². The van der Waals surface area contributed by atoms with Crippen molar-refractivity contribution in [3.8, 4) is 0 Å². The van der Waals surface area contributed by atoms with Gasteiger partial charge in [-0.05, 0) is 48.7 Å². The first-order chi connectivity index (χ1) is 9.40. The molecule has 0 spiro atoms. The summed E-state index contributed by atoms with van der Waals surface area (Å²) in [6, 6.07) is 2.03. The first-order valence-electron chi connectivity index (χ1n) is 6.79. The third-order valence-corrected chi connectivity index (χ3v) is 4.16. The summed E-state index contributed by atoms with van der Waals surface area (Å²) < 4.78 is 2.82. The second-order valence-electron chi connectivity index (χ2n) is 5.45. The lowest BCUT2D eigenvalue weighted by Crippen LogP contribution is -2.41. The van der Waals surface area contributed by atoms with Crippen LogP contribution in [-0.2, 0) is 4.79 Å². The van der Waals surface area contributed by atoms with Crippen molar-refractivity contribution in [1.82, 2.24) is 9.47 Å². The number of aliphatic carboxylic acids is 1. The highest BCUT2D eigenvalue weighted by atomic mass is 79.9. The topological polar surface area (TPSA) is 62.5 Å². The Morgan fingerprint density at radius 2 is 1.95 bits per heavy atom. The fourth-order valence-electron chi connectivity index (χ4n) is 2.54. The van der Waals surface area contributed by atoms with E-state index < -0.39 is 5.97 Å². The van der Waals surface area contributed by atoms with Crippen molar-refractivity contribution in [1.29, 1.82) is 0 Å². The van der Waals surface area contributed by atoms with Crippen molar-refractivity contribution < 1.29 is 14.7 Å². The van der Waals surface area contributed by atoms with E-state index in [1.54, 1.807) is 4.90 Å². The standard InChI is InChI=1S/C14H19BrN2O3/c1-9(2)17-8-11(15)7-12(17)13(18)16-5-3-10(4-6-16)14(19)20/h7-10H,3-6H2,1-2H3,(H,19,20). The van der Waals surface area contributed by atoms with Gasteiger partial charge in [-0.2, -0.15) is 0 Å². The van der Waals surface area contributed by atoms with Crippen molar-refractivity contribution in [2.24, 2.45) is 5.92 Å². The van der Waals surface area contributed by atoms with Gasteiger partial charge in [-0.3, -0.25) is 9.59 Å². The smallest absolute Gasteiger partial charge is 0.306 e. The Kier molecular flexibility index (Phi) is 4.52. The number of carbonyl (C=O) groups is 2. The van der Waals surface area contributed by atoms with Crippen LogP contribution < -0.4 is 0 Å². The number of nitrogens with zero attached hydrogens (tertiary/aromatic N) is 2. The molecule has 1 fully saturated rings. The van der Waals surface area contributed by atoms with E-state index in [2.05, 4.69) is 15.9 Å². The fraction of sp³-hybridized carbons (Fsp3) is 0.571. The van der Waals surface area contributed by atoms with E-state index in [9.17, 15) is 9.59 Å². The van der Waals surface area contributed by atoms with Crippen molar-refractivity contribution >= 4 is 27.8 Å². The summed E-state index contributed by atoms with van der Waals surface area (Å²) in [6.45, 7) is 5.08. The average molecular weight is 343 g/mol. The first-order valence-corrected chi connectivity index (χ1v) is 7.59. The normalized spacial score (nSPS) is 16.7. The summed E-state index contributed by atoms with van der Waals surface area (Å²) in [5.74, 6) is -1.10. The van der Waals surface area contributed by atoms with Gasteiger partial charge in [0.1, 0.15) is 5.69 Å². The van der Waals surface area contributed by atoms with Crippen LogP contribution in [0.4, 0.5) is 0 Å². The Hall–Kier alpha value is -1.30. The molecule has 0 aromatic carbocycles. The molecule has 20 heavy (non-hydrogen) atoms. The number of hydrogen-bond donors (Lipinski definition) is 1. The molecular weight excluding hydrogens is 324 g/mol. The number of amides is 1. The zero-order valence-corrected chi connectivity index (χ0v) is 13.3. The van der Waals surface area contributed by atoms with Gasteiger partial charge in [-0.15, -0.1) is 0 Å². The molecule has 1 aliphatic rings. The van der Waals surface area contributed by atoms with Crippen molar-refractivity contribution in [2.45, 2.75) is 32.7 Å². The van der Waals surface area contributed by atoms with Crippen LogP contribution >= 0.6 is 15.9 Å². The van der Waals surface area contributed by atoms with E-state index in [0.717, 1.165) is 4.47 Å². The molecule has 1 aromatic heterocycles. The second kappa shape index (κ2) is 5.99. The van der Waals surface area contributed by atoms with Crippen LogP contribution in [0.3, 0.4) is 0 Å². The maximum absolute atomic E-state index is 12.6. The summed E-state index contributed by atoms with van der Waals surface area (Å²) in [4.78, 5) is 25.2. The molecule has 0 radical (unpaired) electrons. The molecular formula is C14H19BrN2O3. The number of piperidine rings is 1. The van der Waals surface area contributed by atoms with E-state index in [0.29, 0.717) is 31.6 Å². The highest BCUT2D eigenvalue weighted by Gasteiger charge is 2.29. The molecule has 0 bridgehead atoms. The zero-order valence-electron chi connectivity index (χ0n) is 11.7. The van der Waals surface area contributed by atoms with Gasteiger partial charge in [0.2, 0.25) is 0 Å². The van der Waals surface area contributed by atoms with Crippen LogP contribution in [0, 0.1) is 5.92 Å². The van der Waals surface area contributed by atoms with Gasteiger partial charge >= 0.3 is 5.97 Å². The quantitative estimate of drug-likeness (QED) is 0.918. The molecule has 0 saturated carbocycles. The molecule has 0 aliphatic carbocycles. The molecule has 1 aromatic rings. The van der Waals surface area contributed by atoms with Crippen LogP contribution in [0.5, 0.6) is 0 Å². The molecule has 2 rings (SSSR count). The maximum atomic E-state index is 12.6. The summed E-state index contributed by atoms with van der Waals surface area (Å²) in [5.41, 5.74) is 0.653. The lowest BCUT2D eigenvalue weighted by molar-refractivity contribution is -0.143.